The number of aromatic nitrogens is 1. The van der Waals surface area contributed by atoms with Crippen molar-refractivity contribution in [1.82, 2.24) is 10.3 Å². The molecular formula is C14H14FN3S. The van der Waals surface area contributed by atoms with E-state index in [1.165, 1.54) is 18.2 Å². The van der Waals surface area contributed by atoms with Gasteiger partial charge in [0.15, 0.2) is 0 Å². The molecule has 2 rings (SSSR count). The van der Waals surface area contributed by atoms with Crippen molar-refractivity contribution >= 4 is 11.3 Å². The van der Waals surface area contributed by atoms with Gasteiger partial charge in [-0.15, -0.1) is 11.3 Å². The van der Waals surface area contributed by atoms with E-state index in [9.17, 15) is 4.39 Å². The quantitative estimate of drug-likeness (QED) is 0.909. The third kappa shape index (κ3) is 3.37. The van der Waals surface area contributed by atoms with Crippen LogP contribution < -0.4 is 5.32 Å². The van der Waals surface area contributed by atoms with Gasteiger partial charge in [-0.3, -0.25) is 0 Å². The molecule has 1 aromatic carbocycles. The van der Waals surface area contributed by atoms with Crippen LogP contribution in [0.3, 0.4) is 0 Å². The minimum absolute atomic E-state index is 0.134. The summed E-state index contributed by atoms with van der Waals surface area (Å²) in [6, 6.07) is 6.43. The molecule has 1 N–H and O–H groups in total. The van der Waals surface area contributed by atoms with Crippen molar-refractivity contribution in [2.45, 2.75) is 25.9 Å². The Bertz CT molecular complexity index is 575. The second kappa shape index (κ2) is 6.41. The molecule has 0 aliphatic heterocycles. The average molecular weight is 275 g/mol. The largest absolute Gasteiger partial charge is 0.304 e. The first kappa shape index (κ1) is 13.7. The molecule has 1 aromatic heterocycles. The van der Waals surface area contributed by atoms with E-state index in [1.807, 2.05) is 5.38 Å². The van der Waals surface area contributed by atoms with Crippen LogP contribution in [0.25, 0.3) is 0 Å². The standard InChI is InChI=1S/C14H14FN3S/c1-2-13(14-17-5-6-19-14)18-9-11-7-12(15)4-3-10(11)8-16/h3-7,13,18H,2,9H2,1H3. The van der Waals surface area contributed by atoms with Crippen LogP contribution in [-0.4, -0.2) is 4.98 Å². The Labute approximate surface area is 115 Å². The third-order valence-electron chi connectivity index (χ3n) is 2.88. The highest BCUT2D eigenvalue weighted by atomic mass is 32.1. The summed E-state index contributed by atoms with van der Waals surface area (Å²) in [5.41, 5.74) is 1.18. The van der Waals surface area contributed by atoms with E-state index in [1.54, 1.807) is 17.5 Å². The van der Waals surface area contributed by atoms with Crippen LogP contribution in [0.4, 0.5) is 4.39 Å². The fraction of sp³-hybridized carbons (Fsp3) is 0.286. The molecule has 2 aromatic rings. The van der Waals surface area contributed by atoms with Gasteiger partial charge in [0.25, 0.3) is 0 Å². The minimum Gasteiger partial charge on any atom is -0.304 e. The number of thiazole rings is 1. The van der Waals surface area contributed by atoms with Crippen LogP contribution in [0.2, 0.25) is 0 Å². The second-order valence-corrected chi connectivity index (χ2v) is 5.05. The summed E-state index contributed by atoms with van der Waals surface area (Å²) in [4.78, 5) is 4.28. The average Bonchev–Trinajstić information content (AvgIpc) is 2.94. The van der Waals surface area contributed by atoms with Crippen molar-refractivity contribution < 1.29 is 4.39 Å². The molecule has 0 saturated carbocycles. The Hall–Kier alpha value is -1.77. The Balaban J connectivity index is 2.10. The predicted molar refractivity (Wildman–Crippen MR) is 73.1 cm³/mol. The van der Waals surface area contributed by atoms with E-state index < -0.39 is 0 Å². The van der Waals surface area contributed by atoms with Crippen molar-refractivity contribution in [2.24, 2.45) is 0 Å². The smallest absolute Gasteiger partial charge is 0.123 e. The molecule has 1 heterocycles. The molecule has 5 heteroatoms. The van der Waals surface area contributed by atoms with Crippen LogP contribution in [0, 0.1) is 17.1 Å². The fourth-order valence-electron chi connectivity index (χ4n) is 1.86. The first-order chi connectivity index (χ1) is 9.24. The topological polar surface area (TPSA) is 48.7 Å². The van der Waals surface area contributed by atoms with E-state index in [2.05, 4.69) is 23.3 Å². The van der Waals surface area contributed by atoms with Gasteiger partial charge in [-0.05, 0) is 30.2 Å². The number of nitriles is 1. The summed E-state index contributed by atoms with van der Waals surface area (Å²) in [7, 11) is 0. The summed E-state index contributed by atoms with van der Waals surface area (Å²) in [6.45, 7) is 2.52. The van der Waals surface area contributed by atoms with Gasteiger partial charge in [-0.2, -0.15) is 5.26 Å². The lowest BCUT2D eigenvalue weighted by atomic mass is 10.1. The summed E-state index contributed by atoms with van der Waals surface area (Å²) in [5, 5.41) is 15.3. The number of hydrogen-bond donors (Lipinski definition) is 1. The lowest BCUT2D eigenvalue weighted by Crippen LogP contribution is -2.20. The van der Waals surface area contributed by atoms with Gasteiger partial charge in [0.05, 0.1) is 17.7 Å². The molecule has 3 nitrogen and oxygen atoms in total. The number of nitrogens with one attached hydrogen (secondary N) is 1. The molecule has 19 heavy (non-hydrogen) atoms. The molecule has 1 unspecified atom stereocenters. The second-order valence-electron chi connectivity index (χ2n) is 4.13. The van der Waals surface area contributed by atoms with Crippen LogP contribution in [0.5, 0.6) is 0 Å². The van der Waals surface area contributed by atoms with Gasteiger partial charge in [-0.1, -0.05) is 6.92 Å². The zero-order chi connectivity index (χ0) is 13.7. The highest BCUT2D eigenvalue weighted by molar-refractivity contribution is 7.09. The van der Waals surface area contributed by atoms with Gasteiger partial charge in [0, 0.05) is 18.1 Å². The Morgan fingerprint density at radius 3 is 3.00 bits per heavy atom. The SMILES string of the molecule is CCC(NCc1cc(F)ccc1C#N)c1nccs1. The molecule has 0 aliphatic rings. The number of nitrogens with zero attached hydrogens (tertiary/aromatic N) is 2. The maximum atomic E-state index is 13.2. The van der Waals surface area contributed by atoms with Crippen LogP contribution in [0.1, 0.15) is 35.5 Å². The minimum atomic E-state index is -0.321. The number of halogens is 1. The monoisotopic (exact) mass is 275 g/mol. The van der Waals surface area contributed by atoms with Gasteiger partial charge >= 0.3 is 0 Å². The van der Waals surface area contributed by atoms with Crippen molar-refractivity contribution in [3.05, 3.63) is 51.7 Å². The number of rotatable bonds is 5. The Kier molecular flexibility index (Phi) is 4.61. The molecule has 98 valence electrons. The summed E-state index contributed by atoms with van der Waals surface area (Å²) < 4.78 is 13.2. The molecule has 0 spiro atoms. The lowest BCUT2D eigenvalue weighted by molar-refractivity contribution is 0.514. The van der Waals surface area contributed by atoms with E-state index in [0.29, 0.717) is 17.7 Å². The molecule has 0 saturated heterocycles. The van der Waals surface area contributed by atoms with Crippen LogP contribution >= 0.6 is 11.3 Å². The third-order valence-corrected chi connectivity index (χ3v) is 3.77. The van der Waals surface area contributed by atoms with Crippen molar-refractivity contribution in [3.8, 4) is 6.07 Å². The van der Waals surface area contributed by atoms with E-state index in [4.69, 9.17) is 5.26 Å². The molecule has 0 radical (unpaired) electrons. The normalized spacial score (nSPS) is 12.1. The van der Waals surface area contributed by atoms with Gasteiger partial charge < -0.3 is 5.32 Å². The van der Waals surface area contributed by atoms with Crippen molar-refractivity contribution in [2.75, 3.05) is 0 Å². The molecule has 0 fully saturated rings. The van der Waals surface area contributed by atoms with E-state index >= 15 is 0 Å². The molecule has 0 amide bonds. The molecular weight excluding hydrogens is 261 g/mol. The summed E-state index contributed by atoms with van der Waals surface area (Å²) >= 11 is 1.59. The Morgan fingerprint density at radius 1 is 1.53 bits per heavy atom. The number of benzene rings is 1. The molecule has 0 bridgehead atoms. The predicted octanol–water partition coefficient (Wildman–Crippen LogP) is 3.39. The number of hydrogen-bond acceptors (Lipinski definition) is 4. The first-order valence-corrected chi connectivity index (χ1v) is 6.94. The van der Waals surface area contributed by atoms with Crippen molar-refractivity contribution in [3.63, 3.8) is 0 Å². The van der Waals surface area contributed by atoms with Gasteiger partial charge in [0.2, 0.25) is 0 Å². The van der Waals surface area contributed by atoms with Crippen LogP contribution in [-0.2, 0) is 6.54 Å². The maximum Gasteiger partial charge on any atom is 0.123 e. The van der Waals surface area contributed by atoms with Crippen LogP contribution in [0.15, 0.2) is 29.8 Å². The Morgan fingerprint density at radius 2 is 2.37 bits per heavy atom. The highest BCUT2D eigenvalue weighted by Crippen LogP contribution is 2.20. The van der Waals surface area contributed by atoms with Crippen molar-refractivity contribution in [1.29, 1.82) is 5.26 Å². The lowest BCUT2D eigenvalue weighted by Gasteiger charge is -2.15. The maximum absolute atomic E-state index is 13.2. The zero-order valence-electron chi connectivity index (χ0n) is 10.6. The van der Waals surface area contributed by atoms with Gasteiger partial charge in [-0.25, -0.2) is 9.37 Å². The summed E-state index contributed by atoms with van der Waals surface area (Å²) in [6.07, 6.45) is 2.66. The highest BCUT2D eigenvalue weighted by Gasteiger charge is 2.12. The first-order valence-electron chi connectivity index (χ1n) is 6.06. The molecule has 0 aliphatic carbocycles. The van der Waals surface area contributed by atoms with E-state index in [0.717, 1.165) is 11.4 Å². The zero-order valence-corrected chi connectivity index (χ0v) is 11.4. The summed E-state index contributed by atoms with van der Waals surface area (Å²) in [5.74, 6) is -0.321. The molecule has 1 atom stereocenters. The van der Waals surface area contributed by atoms with E-state index in [-0.39, 0.29) is 11.9 Å². The fourth-order valence-corrected chi connectivity index (χ4v) is 2.66. The van der Waals surface area contributed by atoms with Gasteiger partial charge in [0.1, 0.15) is 10.8 Å².